The van der Waals surface area contributed by atoms with Gasteiger partial charge in [0, 0.05) is 10.8 Å². The fourth-order valence-corrected chi connectivity index (χ4v) is 6.59. The fourth-order valence-electron chi connectivity index (χ4n) is 4.08. The maximum Gasteiger partial charge on any atom is 0.135 e. The summed E-state index contributed by atoms with van der Waals surface area (Å²) < 4.78 is 6.06. The Morgan fingerprint density at radius 1 is 1.00 bits per heavy atom. The van der Waals surface area contributed by atoms with Crippen LogP contribution in [0.15, 0.2) is 46.9 Å². The largest absolute Gasteiger partial charge is 0.456 e. The molecule has 0 N–H and O–H groups in total. The molecule has 2 atom stereocenters. The molecule has 1 fully saturated rings. The van der Waals surface area contributed by atoms with Gasteiger partial charge in [-0.15, -0.1) is 0 Å². The molecule has 3 aromatic rings. The molecular weight excluding hydrogens is 284 g/mol. The van der Waals surface area contributed by atoms with Crippen molar-refractivity contribution in [3.8, 4) is 0 Å². The lowest BCUT2D eigenvalue weighted by molar-refractivity contribution is 0.550. The van der Waals surface area contributed by atoms with Gasteiger partial charge in [0.1, 0.15) is 11.2 Å². The van der Waals surface area contributed by atoms with Crippen LogP contribution in [-0.2, 0) is 0 Å². The zero-order chi connectivity index (χ0) is 15.3. The summed E-state index contributed by atoms with van der Waals surface area (Å²) in [6.07, 6.45) is 2.69. The van der Waals surface area contributed by atoms with Gasteiger partial charge in [0.25, 0.3) is 0 Å². The van der Waals surface area contributed by atoms with Crippen LogP contribution in [0.25, 0.3) is 21.9 Å². The molecule has 2 heterocycles. The standard InChI is InChI=1S/C20H24OSi/c1-14-13-15(11-12-22(14,2)3)16-8-6-10-19-20(16)17-7-4-5-9-18(17)21-19/h4-10,14-15H,11-13H2,1-3H3. The van der Waals surface area contributed by atoms with E-state index in [-0.39, 0.29) is 0 Å². The van der Waals surface area contributed by atoms with Gasteiger partial charge in [-0.25, -0.2) is 0 Å². The van der Waals surface area contributed by atoms with Crippen LogP contribution in [0.1, 0.15) is 31.2 Å². The van der Waals surface area contributed by atoms with Crippen molar-refractivity contribution in [1.29, 1.82) is 0 Å². The van der Waals surface area contributed by atoms with Crippen molar-refractivity contribution in [1.82, 2.24) is 0 Å². The predicted octanol–water partition coefficient (Wildman–Crippen LogP) is 6.56. The topological polar surface area (TPSA) is 13.1 Å². The van der Waals surface area contributed by atoms with Crippen molar-refractivity contribution in [2.45, 2.75) is 50.4 Å². The zero-order valence-electron chi connectivity index (χ0n) is 13.7. The van der Waals surface area contributed by atoms with E-state index in [2.05, 4.69) is 62.5 Å². The van der Waals surface area contributed by atoms with Crippen LogP contribution < -0.4 is 0 Å². The predicted molar refractivity (Wildman–Crippen MR) is 97.4 cm³/mol. The molecule has 0 spiro atoms. The number of hydrogen-bond acceptors (Lipinski definition) is 1. The number of hydrogen-bond donors (Lipinski definition) is 0. The Hall–Kier alpha value is -1.54. The van der Waals surface area contributed by atoms with E-state index in [1.54, 1.807) is 0 Å². The van der Waals surface area contributed by atoms with Crippen LogP contribution in [-0.4, -0.2) is 8.07 Å². The molecule has 0 radical (unpaired) electrons. The average molecular weight is 308 g/mol. The van der Waals surface area contributed by atoms with Crippen LogP contribution in [0.2, 0.25) is 24.7 Å². The molecule has 1 nitrogen and oxygen atoms in total. The second kappa shape index (κ2) is 4.99. The van der Waals surface area contributed by atoms with E-state index in [9.17, 15) is 0 Å². The average Bonchev–Trinajstić information content (AvgIpc) is 2.88. The van der Waals surface area contributed by atoms with Crippen molar-refractivity contribution < 1.29 is 4.42 Å². The second-order valence-corrected chi connectivity index (χ2v) is 13.1. The van der Waals surface area contributed by atoms with Gasteiger partial charge in [0.15, 0.2) is 0 Å². The van der Waals surface area contributed by atoms with Gasteiger partial charge in [-0.1, -0.05) is 56.4 Å². The summed E-state index contributed by atoms with van der Waals surface area (Å²) >= 11 is 0. The summed E-state index contributed by atoms with van der Waals surface area (Å²) in [5.74, 6) is 0.695. The third kappa shape index (κ3) is 2.12. The van der Waals surface area contributed by atoms with E-state index in [4.69, 9.17) is 4.42 Å². The van der Waals surface area contributed by atoms with E-state index in [1.165, 1.54) is 35.2 Å². The lowest BCUT2D eigenvalue weighted by Gasteiger charge is -2.39. The molecule has 1 aliphatic rings. The van der Waals surface area contributed by atoms with E-state index in [0.29, 0.717) is 5.92 Å². The first-order valence-electron chi connectivity index (χ1n) is 8.46. The molecule has 114 valence electrons. The minimum absolute atomic E-state index is 0.695. The van der Waals surface area contributed by atoms with Crippen LogP contribution in [0.3, 0.4) is 0 Å². The van der Waals surface area contributed by atoms with Crippen LogP contribution >= 0.6 is 0 Å². The fraction of sp³-hybridized carbons (Fsp3) is 0.400. The Balaban J connectivity index is 1.85. The first-order chi connectivity index (χ1) is 10.6. The highest BCUT2D eigenvalue weighted by Gasteiger charge is 2.36. The van der Waals surface area contributed by atoms with Crippen molar-refractivity contribution in [3.05, 3.63) is 48.0 Å². The molecule has 1 aliphatic heterocycles. The minimum Gasteiger partial charge on any atom is -0.456 e. The smallest absolute Gasteiger partial charge is 0.135 e. The molecule has 4 rings (SSSR count). The molecule has 0 aliphatic carbocycles. The SMILES string of the molecule is CC1CC(c2cccc3oc4ccccc4c23)CC[Si]1(C)C. The van der Waals surface area contributed by atoms with Crippen LogP contribution in [0.5, 0.6) is 0 Å². The molecule has 0 amide bonds. The molecule has 22 heavy (non-hydrogen) atoms. The van der Waals surface area contributed by atoms with Crippen LogP contribution in [0, 0.1) is 0 Å². The Morgan fingerprint density at radius 3 is 2.59 bits per heavy atom. The molecular formula is C20H24OSi. The highest BCUT2D eigenvalue weighted by atomic mass is 28.3. The summed E-state index contributed by atoms with van der Waals surface area (Å²) in [6.45, 7) is 7.59. The molecule has 1 saturated heterocycles. The number of fused-ring (bicyclic) bond motifs is 3. The lowest BCUT2D eigenvalue weighted by Crippen LogP contribution is -2.36. The molecule has 2 aromatic carbocycles. The third-order valence-electron chi connectivity index (χ3n) is 5.98. The quantitative estimate of drug-likeness (QED) is 0.464. The monoisotopic (exact) mass is 308 g/mol. The van der Waals surface area contributed by atoms with Crippen molar-refractivity contribution in [3.63, 3.8) is 0 Å². The molecule has 0 saturated carbocycles. The van der Waals surface area contributed by atoms with E-state index in [1.807, 2.05) is 0 Å². The van der Waals surface area contributed by atoms with E-state index >= 15 is 0 Å². The van der Waals surface area contributed by atoms with Gasteiger partial charge < -0.3 is 4.42 Å². The number of rotatable bonds is 1. The Labute approximate surface area is 133 Å². The lowest BCUT2D eigenvalue weighted by atomic mass is 9.88. The highest BCUT2D eigenvalue weighted by molar-refractivity contribution is 6.78. The summed E-state index contributed by atoms with van der Waals surface area (Å²) in [5.41, 5.74) is 4.48. The van der Waals surface area contributed by atoms with E-state index < -0.39 is 8.07 Å². The van der Waals surface area contributed by atoms with Gasteiger partial charge in [0.05, 0.1) is 8.07 Å². The third-order valence-corrected chi connectivity index (χ3v) is 10.5. The molecule has 2 heteroatoms. The normalized spacial score (nSPS) is 24.9. The van der Waals surface area contributed by atoms with Crippen molar-refractivity contribution in [2.24, 2.45) is 0 Å². The van der Waals surface area contributed by atoms with Gasteiger partial charge in [-0.2, -0.15) is 0 Å². The second-order valence-electron chi connectivity index (χ2n) is 7.68. The Kier molecular flexibility index (Phi) is 3.19. The van der Waals surface area contributed by atoms with Crippen molar-refractivity contribution in [2.75, 3.05) is 0 Å². The van der Waals surface area contributed by atoms with Gasteiger partial charge in [-0.3, -0.25) is 0 Å². The number of benzene rings is 2. The number of furan rings is 1. The molecule has 1 aromatic heterocycles. The summed E-state index contributed by atoms with van der Waals surface area (Å²) in [6, 6.07) is 16.5. The molecule has 0 bridgehead atoms. The zero-order valence-corrected chi connectivity index (χ0v) is 14.7. The number of para-hydroxylation sites is 1. The Morgan fingerprint density at radius 2 is 1.77 bits per heavy atom. The Bertz CT molecular complexity index is 830. The maximum atomic E-state index is 6.06. The van der Waals surface area contributed by atoms with Gasteiger partial charge in [0.2, 0.25) is 0 Å². The maximum absolute atomic E-state index is 6.06. The van der Waals surface area contributed by atoms with Gasteiger partial charge >= 0.3 is 0 Å². The minimum atomic E-state index is -0.997. The van der Waals surface area contributed by atoms with Crippen LogP contribution in [0.4, 0.5) is 0 Å². The summed E-state index contributed by atoms with van der Waals surface area (Å²) in [4.78, 5) is 0. The highest BCUT2D eigenvalue weighted by Crippen LogP contribution is 2.47. The van der Waals surface area contributed by atoms with Gasteiger partial charge in [-0.05, 0) is 42.0 Å². The summed E-state index contributed by atoms with van der Waals surface area (Å²) in [5, 5.41) is 2.64. The first-order valence-corrected chi connectivity index (χ1v) is 11.7. The van der Waals surface area contributed by atoms with E-state index in [0.717, 1.165) is 16.7 Å². The first kappa shape index (κ1) is 14.1. The van der Waals surface area contributed by atoms with Crippen molar-refractivity contribution >= 4 is 30.0 Å². The molecule has 2 unspecified atom stereocenters. The summed E-state index contributed by atoms with van der Waals surface area (Å²) in [7, 11) is -0.997.